The molecule has 1 aliphatic rings. The Hall–Kier alpha value is -3.42. The van der Waals surface area contributed by atoms with Crippen LogP contribution in [0.3, 0.4) is 0 Å². The maximum atomic E-state index is 14.2. The lowest BCUT2D eigenvalue weighted by Gasteiger charge is -2.36. The highest BCUT2D eigenvalue weighted by molar-refractivity contribution is 7.92. The lowest BCUT2D eigenvalue weighted by Crippen LogP contribution is -2.49. The van der Waals surface area contributed by atoms with Gasteiger partial charge in [0.25, 0.3) is 15.9 Å². The van der Waals surface area contributed by atoms with Gasteiger partial charge in [-0.25, -0.2) is 17.6 Å². The summed E-state index contributed by atoms with van der Waals surface area (Å²) in [6, 6.07) is 8.03. The molecule has 4 atom stereocenters. The molecule has 45 heavy (non-hydrogen) atoms. The van der Waals surface area contributed by atoms with Gasteiger partial charge in [0.1, 0.15) is 11.6 Å². The molecule has 13 heteroatoms. The van der Waals surface area contributed by atoms with Crippen LogP contribution in [0.2, 0.25) is 0 Å². The zero-order valence-electron chi connectivity index (χ0n) is 27.0. The van der Waals surface area contributed by atoms with Crippen molar-refractivity contribution in [1.82, 2.24) is 15.1 Å². The van der Waals surface area contributed by atoms with Gasteiger partial charge in [0.15, 0.2) is 0 Å². The third kappa shape index (κ3) is 10.3. The smallest absolute Gasteiger partial charge is 0.317 e. The number of carbonyl (C=O) groups excluding carboxylic acids is 2. The van der Waals surface area contributed by atoms with E-state index in [2.05, 4.69) is 10.0 Å². The Balaban J connectivity index is 1.98. The number of amides is 3. The average Bonchev–Trinajstić information content (AvgIpc) is 2.98. The number of rotatable bonds is 8. The van der Waals surface area contributed by atoms with Crippen LogP contribution in [0.1, 0.15) is 64.2 Å². The van der Waals surface area contributed by atoms with Crippen molar-refractivity contribution in [2.45, 2.75) is 83.1 Å². The van der Waals surface area contributed by atoms with Gasteiger partial charge >= 0.3 is 6.03 Å². The van der Waals surface area contributed by atoms with E-state index in [0.717, 1.165) is 37.1 Å². The van der Waals surface area contributed by atoms with Gasteiger partial charge in [0.2, 0.25) is 0 Å². The molecular weight excluding hydrogens is 603 g/mol. The summed E-state index contributed by atoms with van der Waals surface area (Å²) in [6.45, 7) is 9.95. The molecule has 3 amide bonds. The molecule has 0 spiro atoms. The fourth-order valence-electron chi connectivity index (χ4n) is 4.99. The number of carbonyl (C=O) groups is 2. The SMILES string of the molecule is CC(C)NC(=O)N(C)C[C@H]1OCCCC[C@H](C)Oc2ccc(NS(=O)(=O)c3ccc(F)cc3)cc2C(=O)N([C@@H](C)CO)C[C@@H]1C. The van der Waals surface area contributed by atoms with Crippen LogP contribution in [-0.4, -0.2) is 92.9 Å². The summed E-state index contributed by atoms with van der Waals surface area (Å²) in [5.74, 6) is -0.990. The molecule has 0 radical (unpaired) electrons. The molecule has 0 aromatic heterocycles. The highest BCUT2D eigenvalue weighted by atomic mass is 32.2. The van der Waals surface area contributed by atoms with Gasteiger partial charge in [-0.2, -0.15) is 0 Å². The maximum absolute atomic E-state index is 14.2. The van der Waals surface area contributed by atoms with E-state index in [1.807, 2.05) is 27.7 Å². The number of halogens is 1. The standard InChI is InChI=1S/C32H47FN4O7S/c1-21(2)34-32(40)36(6)19-30-22(3)18-37(23(4)20-38)31(39)28-17-26(35-45(41,42)27-13-10-25(33)11-14-27)12-15-29(28)44-24(5)9-7-8-16-43-30/h10-15,17,21-24,30,35,38H,7-9,16,18-20H2,1-6H3,(H,34,40)/t22-,23-,24-,30+/m0/s1. The minimum Gasteiger partial charge on any atom is -0.490 e. The summed E-state index contributed by atoms with van der Waals surface area (Å²) >= 11 is 0. The zero-order valence-corrected chi connectivity index (χ0v) is 27.8. The number of aliphatic hydroxyl groups is 1. The molecule has 1 heterocycles. The number of fused-ring (bicyclic) bond motifs is 1. The Morgan fingerprint density at radius 2 is 1.82 bits per heavy atom. The summed E-state index contributed by atoms with van der Waals surface area (Å²) in [5, 5.41) is 13.0. The molecule has 250 valence electrons. The predicted molar refractivity (Wildman–Crippen MR) is 170 cm³/mol. The number of hydrogen-bond donors (Lipinski definition) is 3. The maximum Gasteiger partial charge on any atom is 0.317 e. The number of nitrogens with zero attached hydrogens (tertiary/aromatic N) is 2. The van der Waals surface area contributed by atoms with E-state index in [1.165, 1.54) is 17.0 Å². The van der Waals surface area contributed by atoms with Crippen molar-refractivity contribution in [2.24, 2.45) is 5.92 Å². The molecule has 1 aliphatic heterocycles. The number of anilines is 1. The van der Waals surface area contributed by atoms with Crippen LogP contribution in [0.4, 0.5) is 14.9 Å². The summed E-state index contributed by atoms with van der Waals surface area (Å²) in [7, 11) is -2.39. The molecule has 0 bridgehead atoms. The lowest BCUT2D eigenvalue weighted by atomic mass is 10.0. The highest BCUT2D eigenvalue weighted by Crippen LogP contribution is 2.29. The molecule has 0 aliphatic carbocycles. The topological polar surface area (TPSA) is 138 Å². The van der Waals surface area contributed by atoms with Crippen molar-refractivity contribution in [2.75, 3.05) is 38.1 Å². The van der Waals surface area contributed by atoms with E-state index in [-0.39, 0.29) is 59.1 Å². The third-order valence-electron chi connectivity index (χ3n) is 7.64. The molecule has 11 nitrogen and oxygen atoms in total. The number of nitrogens with one attached hydrogen (secondary N) is 2. The van der Waals surface area contributed by atoms with E-state index in [0.29, 0.717) is 19.6 Å². The van der Waals surface area contributed by atoms with Gasteiger partial charge in [-0.15, -0.1) is 0 Å². The van der Waals surface area contributed by atoms with Crippen LogP contribution in [0.25, 0.3) is 0 Å². The number of benzene rings is 2. The Bertz CT molecular complexity index is 1390. The molecule has 2 aromatic rings. The van der Waals surface area contributed by atoms with Gasteiger partial charge in [-0.1, -0.05) is 6.92 Å². The first-order chi connectivity index (χ1) is 21.2. The fraction of sp³-hybridized carbons (Fsp3) is 0.562. The lowest BCUT2D eigenvalue weighted by molar-refractivity contribution is -0.0122. The van der Waals surface area contributed by atoms with Crippen molar-refractivity contribution in [3.8, 4) is 5.75 Å². The molecule has 3 rings (SSSR count). The Morgan fingerprint density at radius 3 is 2.47 bits per heavy atom. The average molecular weight is 651 g/mol. The molecule has 2 aromatic carbocycles. The van der Waals surface area contributed by atoms with Crippen LogP contribution in [-0.2, 0) is 14.8 Å². The Kier molecular flexibility index (Phi) is 13.0. The zero-order chi connectivity index (χ0) is 33.3. The van der Waals surface area contributed by atoms with Crippen molar-refractivity contribution in [1.29, 1.82) is 0 Å². The first kappa shape index (κ1) is 36.1. The largest absolute Gasteiger partial charge is 0.490 e. The fourth-order valence-corrected chi connectivity index (χ4v) is 6.04. The molecule has 3 N–H and O–H groups in total. The number of aliphatic hydroxyl groups excluding tert-OH is 1. The second-order valence-corrected chi connectivity index (χ2v) is 13.7. The molecule has 0 saturated carbocycles. The van der Waals surface area contributed by atoms with Crippen molar-refractivity contribution >= 4 is 27.6 Å². The summed E-state index contributed by atoms with van der Waals surface area (Å²) < 4.78 is 54.5. The second kappa shape index (κ2) is 16.2. The first-order valence-corrected chi connectivity index (χ1v) is 16.8. The normalized spacial score (nSPS) is 20.9. The number of ether oxygens (including phenoxy) is 2. The summed E-state index contributed by atoms with van der Waals surface area (Å²) in [6.07, 6.45) is 1.60. The van der Waals surface area contributed by atoms with Crippen molar-refractivity contribution in [3.05, 3.63) is 53.8 Å². The van der Waals surface area contributed by atoms with Crippen LogP contribution >= 0.6 is 0 Å². The third-order valence-corrected chi connectivity index (χ3v) is 9.04. The Morgan fingerprint density at radius 1 is 1.13 bits per heavy atom. The summed E-state index contributed by atoms with van der Waals surface area (Å²) in [5.41, 5.74) is 0.240. The monoisotopic (exact) mass is 650 g/mol. The van der Waals surface area contributed by atoms with E-state index < -0.39 is 33.9 Å². The predicted octanol–water partition coefficient (Wildman–Crippen LogP) is 4.47. The number of urea groups is 1. The van der Waals surface area contributed by atoms with E-state index in [9.17, 15) is 27.5 Å². The molecule has 0 unspecified atom stereocenters. The van der Waals surface area contributed by atoms with Gasteiger partial charge in [-0.3, -0.25) is 9.52 Å². The van der Waals surface area contributed by atoms with Gasteiger partial charge in [0.05, 0.1) is 35.3 Å². The first-order valence-electron chi connectivity index (χ1n) is 15.4. The Labute approximate surface area is 266 Å². The van der Waals surface area contributed by atoms with Crippen molar-refractivity contribution in [3.63, 3.8) is 0 Å². The van der Waals surface area contributed by atoms with E-state index in [4.69, 9.17) is 9.47 Å². The quantitative estimate of drug-likeness (QED) is 0.383. The molecule has 0 saturated heterocycles. The minimum absolute atomic E-state index is 0.0323. The minimum atomic E-state index is -4.09. The van der Waals surface area contributed by atoms with E-state index in [1.54, 1.807) is 24.9 Å². The van der Waals surface area contributed by atoms with Gasteiger partial charge in [-0.05, 0) is 89.4 Å². The van der Waals surface area contributed by atoms with Crippen LogP contribution in [0, 0.1) is 11.7 Å². The van der Waals surface area contributed by atoms with E-state index >= 15 is 0 Å². The number of hydrogen-bond acceptors (Lipinski definition) is 7. The number of likely N-dealkylation sites (N-methyl/N-ethyl adjacent to an activating group) is 1. The van der Waals surface area contributed by atoms with Crippen LogP contribution in [0.5, 0.6) is 5.75 Å². The van der Waals surface area contributed by atoms with Crippen LogP contribution in [0.15, 0.2) is 47.4 Å². The second-order valence-electron chi connectivity index (χ2n) is 12.1. The van der Waals surface area contributed by atoms with Crippen molar-refractivity contribution < 1.29 is 37.0 Å². The highest BCUT2D eigenvalue weighted by Gasteiger charge is 2.31. The molecule has 0 fully saturated rings. The van der Waals surface area contributed by atoms with Gasteiger partial charge < -0.3 is 29.7 Å². The number of sulfonamides is 1. The summed E-state index contributed by atoms with van der Waals surface area (Å²) in [4.78, 5) is 29.9. The van der Waals surface area contributed by atoms with Crippen LogP contribution < -0.4 is 14.8 Å². The molecular formula is C32H47FN4O7S. The van der Waals surface area contributed by atoms with Gasteiger partial charge in [0, 0.05) is 44.4 Å².